The van der Waals surface area contributed by atoms with E-state index in [1.165, 1.54) is 6.92 Å². The lowest BCUT2D eigenvalue weighted by molar-refractivity contribution is -0.125. The molecule has 3 amide bonds. The van der Waals surface area contributed by atoms with E-state index in [0.717, 1.165) is 5.56 Å². The number of anilines is 2. The second kappa shape index (κ2) is 7.82. The normalized spacial score (nSPS) is 17.9. The monoisotopic (exact) mass is 351 g/mol. The minimum Gasteiger partial charge on any atom is -0.352 e. The molecule has 2 aromatic carbocycles. The van der Waals surface area contributed by atoms with E-state index in [1.54, 1.807) is 24.3 Å². The highest BCUT2D eigenvalue weighted by molar-refractivity contribution is 5.99. The van der Waals surface area contributed by atoms with Gasteiger partial charge in [-0.15, -0.1) is 0 Å². The fraction of sp³-hybridized carbons (Fsp3) is 0.250. The van der Waals surface area contributed by atoms with E-state index < -0.39 is 0 Å². The van der Waals surface area contributed by atoms with Crippen LogP contribution < -0.4 is 16.0 Å². The summed E-state index contributed by atoms with van der Waals surface area (Å²) < 4.78 is 0. The molecule has 2 unspecified atom stereocenters. The van der Waals surface area contributed by atoms with E-state index in [9.17, 15) is 14.4 Å². The van der Waals surface area contributed by atoms with Gasteiger partial charge in [-0.2, -0.15) is 0 Å². The molecule has 0 spiro atoms. The summed E-state index contributed by atoms with van der Waals surface area (Å²) in [4.78, 5) is 35.4. The second-order valence-corrected chi connectivity index (χ2v) is 6.40. The topological polar surface area (TPSA) is 87.3 Å². The molecule has 0 aromatic heterocycles. The van der Waals surface area contributed by atoms with Gasteiger partial charge in [-0.3, -0.25) is 14.4 Å². The molecule has 0 radical (unpaired) electrons. The number of nitrogens with one attached hydrogen (secondary N) is 3. The molecular formula is C20H21N3O3. The van der Waals surface area contributed by atoms with Gasteiger partial charge in [0.15, 0.2) is 0 Å². The van der Waals surface area contributed by atoms with E-state index in [2.05, 4.69) is 16.0 Å². The first-order valence-electron chi connectivity index (χ1n) is 8.53. The van der Waals surface area contributed by atoms with Gasteiger partial charge < -0.3 is 16.0 Å². The number of hydrogen-bond donors (Lipinski definition) is 3. The lowest BCUT2D eigenvalue weighted by atomic mass is 10.2. The van der Waals surface area contributed by atoms with Crippen molar-refractivity contribution in [1.29, 1.82) is 0 Å². The van der Waals surface area contributed by atoms with Gasteiger partial charge in [-0.05, 0) is 36.2 Å². The van der Waals surface area contributed by atoms with Crippen molar-refractivity contribution < 1.29 is 14.4 Å². The zero-order chi connectivity index (χ0) is 18.5. The Morgan fingerprint density at radius 2 is 1.42 bits per heavy atom. The van der Waals surface area contributed by atoms with Crippen LogP contribution in [0.2, 0.25) is 0 Å². The Balaban J connectivity index is 1.46. The highest BCUT2D eigenvalue weighted by Gasteiger charge is 2.47. The maximum absolute atomic E-state index is 12.3. The van der Waals surface area contributed by atoms with Crippen LogP contribution in [0.3, 0.4) is 0 Å². The molecule has 3 N–H and O–H groups in total. The van der Waals surface area contributed by atoms with Crippen LogP contribution in [0.15, 0.2) is 54.6 Å². The van der Waals surface area contributed by atoms with Gasteiger partial charge in [0.25, 0.3) is 0 Å². The molecular weight excluding hydrogens is 330 g/mol. The van der Waals surface area contributed by atoms with Crippen molar-refractivity contribution in [2.45, 2.75) is 19.9 Å². The van der Waals surface area contributed by atoms with Crippen molar-refractivity contribution >= 4 is 29.1 Å². The first-order valence-corrected chi connectivity index (χ1v) is 8.53. The largest absolute Gasteiger partial charge is 0.352 e. The van der Waals surface area contributed by atoms with Crippen LogP contribution in [0.1, 0.15) is 18.9 Å². The van der Waals surface area contributed by atoms with E-state index in [0.29, 0.717) is 24.3 Å². The minimum absolute atomic E-state index is 0.0880. The fourth-order valence-electron chi connectivity index (χ4n) is 2.77. The minimum atomic E-state index is -0.291. The Bertz CT molecular complexity index is 803. The molecule has 2 atom stereocenters. The number of hydrogen-bond acceptors (Lipinski definition) is 3. The molecule has 1 aliphatic rings. The molecule has 3 rings (SSSR count). The van der Waals surface area contributed by atoms with Crippen LogP contribution in [0, 0.1) is 11.8 Å². The van der Waals surface area contributed by atoms with Crippen molar-refractivity contribution in [1.82, 2.24) is 5.32 Å². The Hall–Kier alpha value is -3.15. The van der Waals surface area contributed by atoms with Crippen LogP contribution in [0.4, 0.5) is 11.4 Å². The number of rotatable bonds is 6. The predicted octanol–water partition coefficient (Wildman–Crippen LogP) is 2.54. The molecule has 0 heterocycles. The molecule has 0 saturated heterocycles. The lowest BCUT2D eigenvalue weighted by Crippen LogP contribution is -2.27. The van der Waals surface area contributed by atoms with Gasteiger partial charge in [-0.25, -0.2) is 0 Å². The zero-order valence-electron chi connectivity index (χ0n) is 14.5. The second-order valence-electron chi connectivity index (χ2n) is 6.40. The van der Waals surface area contributed by atoms with Gasteiger partial charge in [-0.1, -0.05) is 30.3 Å². The summed E-state index contributed by atoms with van der Waals surface area (Å²) in [5, 5.41) is 8.35. The summed E-state index contributed by atoms with van der Waals surface area (Å²) in [6, 6.07) is 16.5. The van der Waals surface area contributed by atoms with Crippen LogP contribution >= 0.6 is 0 Å². The van der Waals surface area contributed by atoms with Crippen molar-refractivity contribution in [3.63, 3.8) is 0 Å². The van der Waals surface area contributed by atoms with Crippen LogP contribution in [-0.4, -0.2) is 17.7 Å². The molecule has 2 aromatic rings. The maximum Gasteiger partial charge on any atom is 0.228 e. The Morgan fingerprint density at radius 3 is 2.04 bits per heavy atom. The number of benzene rings is 2. The zero-order valence-corrected chi connectivity index (χ0v) is 14.5. The molecule has 6 nitrogen and oxygen atoms in total. The molecule has 0 bridgehead atoms. The molecule has 6 heteroatoms. The summed E-state index contributed by atoms with van der Waals surface area (Å²) in [5.74, 6) is -0.950. The van der Waals surface area contributed by atoms with E-state index in [4.69, 9.17) is 0 Å². The third-order valence-corrected chi connectivity index (χ3v) is 4.25. The molecule has 26 heavy (non-hydrogen) atoms. The van der Waals surface area contributed by atoms with E-state index >= 15 is 0 Å². The van der Waals surface area contributed by atoms with Gasteiger partial charge in [0.05, 0.1) is 11.8 Å². The van der Waals surface area contributed by atoms with Crippen LogP contribution in [0.25, 0.3) is 0 Å². The standard InChI is InChI=1S/C20H21N3O3/c1-13(24)22-15-7-9-16(10-8-15)23-20(26)18-11-17(18)19(25)21-12-14-5-3-2-4-6-14/h2-10,17-18H,11-12H2,1H3,(H,21,25)(H,22,24)(H,23,26). The maximum atomic E-state index is 12.3. The van der Waals surface area contributed by atoms with Gasteiger partial charge in [0, 0.05) is 24.8 Å². The summed E-state index contributed by atoms with van der Waals surface area (Å²) >= 11 is 0. The molecule has 1 saturated carbocycles. The average Bonchev–Trinajstić information content (AvgIpc) is 3.43. The SMILES string of the molecule is CC(=O)Nc1ccc(NC(=O)C2CC2C(=O)NCc2ccccc2)cc1. The molecule has 1 aliphatic carbocycles. The lowest BCUT2D eigenvalue weighted by Gasteiger charge is -2.07. The summed E-state index contributed by atoms with van der Waals surface area (Å²) in [6.45, 7) is 1.90. The summed E-state index contributed by atoms with van der Waals surface area (Å²) in [7, 11) is 0. The summed E-state index contributed by atoms with van der Waals surface area (Å²) in [6.07, 6.45) is 0.566. The van der Waals surface area contributed by atoms with Gasteiger partial charge in [0.2, 0.25) is 17.7 Å². The Kier molecular flexibility index (Phi) is 5.31. The number of amides is 3. The smallest absolute Gasteiger partial charge is 0.228 e. The Labute approximate surface area is 152 Å². The van der Waals surface area contributed by atoms with Crippen molar-refractivity contribution in [3.8, 4) is 0 Å². The molecule has 0 aliphatic heterocycles. The van der Waals surface area contributed by atoms with Crippen molar-refractivity contribution in [2.24, 2.45) is 11.8 Å². The highest BCUT2D eigenvalue weighted by Crippen LogP contribution is 2.39. The van der Waals surface area contributed by atoms with Crippen LogP contribution in [-0.2, 0) is 20.9 Å². The molecule has 134 valence electrons. The van der Waals surface area contributed by atoms with Gasteiger partial charge in [0.1, 0.15) is 0 Å². The third-order valence-electron chi connectivity index (χ3n) is 4.25. The van der Waals surface area contributed by atoms with Crippen molar-refractivity contribution in [3.05, 3.63) is 60.2 Å². The number of carbonyl (C=O) groups is 3. The third kappa shape index (κ3) is 4.69. The Morgan fingerprint density at radius 1 is 0.846 bits per heavy atom. The average molecular weight is 351 g/mol. The van der Waals surface area contributed by atoms with E-state index in [1.807, 2.05) is 30.3 Å². The quantitative estimate of drug-likeness (QED) is 0.747. The number of carbonyl (C=O) groups excluding carboxylic acids is 3. The first-order chi connectivity index (χ1) is 12.5. The highest BCUT2D eigenvalue weighted by atomic mass is 16.2. The fourth-order valence-corrected chi connectivity index (χ4v) is 2.77. The predicted molar refractivity (Wildman–Crippen MR) is 99.3 cm³/mol. The van der Waals surface area contributed by atoms with Crippen molar-refractivity contribution in [2.75, 3.05) is 10.6 Å². The van der Waals surface area contributed by atoms with Crippen LogP contribution in [0.5, 0.6) is 0 Å². The molecule has 1 fully saturated rings. The van der Waals surface area contributed by atoms with Gasteiger partial charge >= 0.3 is 0 Å². The first kappa shape index (κ1) is 17.7. The summed E-state index contributed by atoms with van der Waals surface area (Å²) in [5.41, 5.74) is 2.33. The van der Waals surface area contributed by atoms with E-state index in [-0.39, 0.29) is 29.6 Å².